The maximum Gasteiger partial charge on any atom is 0.418 e. The summed E-state index contributed by atoms with van der Waals surface area (Å²) >= 11 is 0. The Hall–Kier alpha value is -5.18. The Labute approximate surface area is 256 Å². The Morgan fingerprint density at radius 2 is 1.45 bits per heavy atom. The Bertz CT molecular complexity index is 1740. The second-order valence-electron chi connectivity index (χ2n) is 11.5. The van der Waals surface area contributed by atoms with Gasteiger partial charge in [-0.25, -0.2) is 19.5 Å². The van der Waals surface area contributed by atoms with Gasteiger partial charge in [-0.1, -0.05) is 78.9 Å². The fourth-order valence-electron chi connectivity index (χ4n) is 5.13. The first-order valence-corrected chi connectivity index (χ1v) is 14.4. The molecular weight excluding hydrogens is 558 g/mol. The van der Waals surface area contributed by atoms with E-state index in [4.69, 9.17) is 13.9 Å². The molecule has 0 bridgehead atoms. The molecule has 2 aromatic heterocycles. The number of fused-ring (bicyclic) bond motifs is 1. The normalized spacial score (nSPS) is 11.8. The Kier molecular flexibility index (Phi) is 8.40. The summed E-state index contributed by atoms with van der Waals surface area (Å²) in [5, 5.41) is 0.754. The van der Waals surface area contributed by atoms with Crippen LogP contribution in [0.1, 0.15) is 51.6 Å². The van der Waals surface area contributed by atoms with E-state index in [0.29, 0.717) is 28.0 Å². The van der Waals surface area contributed by atoms with Crippen LogP contribution < -0.4 is 0 Å². The van der Waals surface area contributed by atoms with Gasteiger partial charge in [0.1, 0.15) is 12.1 Å². The van der Waals surface area contributed by atoms with Crippen LogP contribution in [-0.2, 0) is 26.2 Å². The molecule has 0 atom stereocenters. The lowest BCUT2D eigenvalue weighted by atomic mass is 9.75. The van der Waals surface area contributed by atoms with E-state index in [1.54, 1.807) is 40.8 Å². The number of hydrogen-bond acceptors (Lipinski definition) is 7. The van der Waals surface area contributed by atoms with Crippen molar-refractivity contribution in [2.45, 2.75) is 52.2 Å². The SMILES string of the molecule is CCOC(=O)n1cc(-c2cnc(CN(C(=O)OC(C)(C)C)C(=O)C(C)(c3ccccc3)c3ccccc3)o2)c2ccccc21. The number of rotatable bonds is 7. The van der Waals surface area contributed by atoms with Crippen LogP contribution in [-0.4, -0.2) is 44.8 Å². The maximum absolute atomic E-state index is 14.6. The molecule has 0 radical (unpaired) electrons. The quantitative estimate of drug-likeness (QED) is 0.192. The lowest BCUT2D eigenvalue weighted by Crippen LogP contribution is -2.49. The number of oxazole rings is 1. The van der Waals surface area contributed by atoms with E-state index in [2.05, 4.69) is 4.98 Å². The summed E-state index contributed by atoms with van der Waals surface area (Å²) in [4.78, 5) is 46.4. The van der Waals surface area contributed by atoms with Crippen molar-refractivity contribution < 1.29 is 28.3 Å². The van der Waals surface area contributed by atoms with Crippen LogP contribution in [0.15, 0.2) is 102 Å². The van der Waals surface area contributed by atoms with Crippen molar-refractivity contribution in [3.05, 3.63) is 114 Å². The molecule has 0 unspecified atom stereocenters. The number of para-hydroxylation sites is 1. The van der Waals surface area contributed by atoms with Gasteiger partial charge >= 0.3 is 12.2 Å². The van der Waals surface area contributed by atoms with E-state index in [1.165, 1.54) is 10.8 Å². The fourth-order valence-corrected chi connectivity index (χ4v) is 5.13. The van der Waals surface area contributed by atoms with E-state index in [9.17, 15) is 14.4 Å². The number of carbonyl (C=O) groups excluding carboxylic acids is 3. The highest BCUT2D eigenvalue weighted by molar-refractivity contribution is 6.01. The summed E-state index contributed by atoms with van der Waals surface area (Å²) in [5.41, 5.74) is 0.588. The maximum atomic E-state index is 14.6. The molecule has 2 heterocycles. The monoisotopic (exact) mass is 593 g/mol. The van der Waals surface area contributed by atoms with Gasteiger partial charge < -0.3 is 13.9 Å². The second-order valence-corrected chi connectivity index (χ2v) is 11.5. The summed E-state index contributed by atoms with van der Waals surface area (Å²) in [6, 6.07) is 26.0. The third kappa shape index (κ3) is 5.99. The zero-order chi connectivity index (χ0) is 31.5. The zero-order valence-corrected chi connectivity index (χ0v) is 25.4. The van der Waals surface area contributed by atoms with Gasteiger partial charge in [0.25, 0.3) is 0 Å². The summed E-state index contributed by atoms with van der Waals surface area (Å²) in [6.45, 7) is 8.71. The first kappa shape index (κ1) is 30.3. The number of aromatic nitrogens is 2. The highest BCUT2D eigenvalue weighted by Crippen LogP contribution is 2.36. The minimum Gasteiger partial charge on any atom is -0.449 e. The molecule has 0 saturated heterocycles. The second kappa shape index (κ2) is 12.2. The number of ether oxygens (including phenoxy) is 2. The molecule has 0 fully saturated rings. The molecule has 0 aliphatic carbocycles. The number of carbonyl (C=O) groups is 3. The van der Waals surface area contributed by atoms with Gasteiger partial charge in [-0.3, -0.25) is 9.36 Å². The van der Waals surface area contributed by atoms with Gasteiger partial charge in [0.05, 0.1) is 23.7 Å². The fraction of sp³-hybridized carbons (Fsp3) is 0.257. The lowest BCUT2D eigenvalue weighted by Gasteiger charge is -2.35. The molecule has 2 amide bonds. The molecule has 0 aliphatic heterocycles. The molecule has 0 spiro atoms. The van der Waals surface area contributed by atoms with E-state index in [-0.39, 0.29) is 19.0 Å². The average Bonchev–Trinajstić information content (AvgIpc) is 3.64. The van der Waals surface area contributed by atoms with Crippen molar-refractivity contribution >= 4 is 29.0 Å². The predicted molar refractivity (Wildman–Crippen MR) is 166 cm³/mol. The van der Waals surface area contributed by atoms with E-state index >= 15 is 0 Å². The molecule has 0 N–H and O–H groups in total. The van der Waals surface area contributed by atoms with Crippen molar-refractivity contribution in [1.82, 2.24) is 14.5 Å². The number of imide groups is 1. The highest BCUT2D eigenvalue weighted by Gasteiger charge is 2.44. The Morgan fingerprint density at radius 1 is 0.864 bits per heavy atom. The molecule has 9 nitrogen and oxygen atoms in total. The molecule has 5 rings (SSSR count). The van der Waals surface area contributed by atoms with E-state index in [1.807, 2.05) is 84.9 Å². The summed E-state index contributed by atoms with van der Waals surface area (Å²) in [5.74, 6) is -0.0109. The topological polar surface area (TPSA) is 104 Å². The van der Waals surface area contributed by atoms with Crippen LogP contribution in [0.25, 0.3) is 22.2 Å². The number of nitrogens with zero attached hydrogens (tertiary/aromatic N) is 3. The Balaban J connectivity index is 1.55. The van der Waals surface area contributed by atoms with Crippen LogP contribution >= 0.6 is 0 Å². The molecule has 0 aliphatic rings. The van der Waals surface area contributed by atoms with Gasteiger partial charge in [-0.05, 0) is 51.8 Å². The smallest absolute Gasteiger partial charge is 0.418 e. The average molecular weight is 594 g/mol. The van der Waals surface area contributed by atoms with Crippen molar-refractivity contribution in [3.8, 4) is 11.3 Å². The first-order chi connectivity index (χ1) is 21.0. The third-order valence-electron chi connectivity index (χ3n) is 7.28. The summed E-state index contributed by atoms with van der Waals surface area (Å²) in [7, 11) is 0. The zero-order valence-electron chi connectivity index (χ0n) is 25.4. The molecule has 5 aromatic rings. The van der Waals surface area contributed by atoms with Crippen molar-refractivity contribution in [3.63, 3.8) is 0 Å². The Morgan fingerprint density at radius 3 is 2.05 bits per heavy atom. The molecule has 3 aromatic carbocycles. The van der Waals surface area contributed by atoms with Crippen LogP contribution in [0.5, 0.6) is 0 Å². The van der Waals surface area contributed by atoms with Crippen molar-refractivity contribution in [1.29, 1.82) is 0 Å². The highest BCUT2D eigenvalue weighted by atomic mass is 16.6. The minimum absolute atomic E-state index is 0.121. The first-order valence-electron chi connectivity index (χ1n) is 14.4. The van der Waals surface area contributed by atoms with Crippen molar-refractivity contribution in [2.75, 3.05) is 6.61 Å². The number of hydrogen-bond donors (Lipinski definition) is 0. The standard InChI is InChI=1S/C35H35N3O6/c1-6-42-32(40)37-22-27(26-19-13-14-20-28(26)37)29-21-36-30(43-29)23-38(33(41)44-34(2,3)4)31(39)35(5,24-15-9-7-10-16-24)25-17-11-8-12-18-25/h7-22H,6,23H2,1-5H3. The summed E-state index contributed by atoms with van der Waals surface area (Å²) in [6.07, 6.45) is 1.81. The van der Waals surface area contributed by atoms with Crippen LogP contribution in [0.3, 0.4) is 0 Å². The largest absolute Gasteiger partial charge is 0.449 e. The summed E-state index contributed by atoms with van der Waals surface area (Å²) < 4.78 is 18.5. The van der Waals surface area contributed by atoms with Crippen LogP contribution in [0, 0.1) is 0 Å². The molecule has 9 heteroatoms. The van der Waals surface area contributed by atoms with E-state index < -0.39 is 29.1 Å². The van der Waals surface area contributed by atoms with Gasteiger partial charge in [0.15, 0.2) is 5.76 Å². The van der Waals surface area contributed by atoms with E-state index in [0.717, 1.165) is 10.3 Å². The van der Waals surface area contributed by atoms with Gasteiger partial charge in [0, 0.05) is 17.1 Å². The van der Waals surface area contributed by atoms with Gasteiger partial charge in [-0.15, -0.1) is 0 Å². The molecule has 226 valence electrons. The van der Waals surface area contributed by atoms with Crippen LogP contribution in [0.2, 0.25) is 0 Å². The van der Waals surface area contributed by atoms with Gasteiger partial charge in [0.2, 0.25) is 11.8 Å². The number of amides is 2. The van der Waals surface area contributed by atoms with Gasteiger partial charge in [-0.2, -0.15) is 0 Å². The van der Waals surface area contributed by atoms with Crippen molar-refractivity contribution in [2.24, 2.45) is 0 Å². The lowest BCUT2D eigenvalue weighted by molar-refractivity contribution is -0.135. The predicted octanol–water partition coefficient (Wildman–Crippen LogP) is 7.57. The molecule has 0 saturated carbocycles. The van der Waals surface area contributed by atoms with Crippen LogP contribution in [0.4, 0.5) is 9.59 Å². The molecular formula is C35H35N3O6. The third-order valence-corrected chi connectivity index (χ3v) is 7.28. The minimum atomic E-state index is -1.23. The molecule has 44 heavy (non-hydrogen) atoms. The number of benzene rings is 3.